The van der Waals surface area contributed by atoms with Crippen LogP contribution in [0, 0.1) is 24.5 Å². The standard InChI is InChI=1S/C13H17F2NO/c1-8-6-10(12(15)7-11(8)14)13(17)9-2-4-16-5-3-9/h6-7,9,13,16-17H,2-5H2,1H3. The summed E-state index contributed by atoms with van der Waals surface area (Å²) in [6.07, 6.45) is 0.796. The molecule has 1 heterocycles. The summed E-state index contributed by atoms with van der Waals surface area (Å²) in [6, 6.07) is 2.27. The van der Waals surface area contributed by atoms with Gasteiger partial charge in [0.2, 0.25) is 0 Å². The van der Waals surface area contributed by atoms with Crippen LogP contribution < -0.4 is 5.32 Å². The van der Waals surface area contributed by atoms with Gasteiger partial charge < -0.3 is 10.4 Å². The Hall–Kier alpha value is -1.00. The van der Waals surface area contributed by atoms with E-state index in [-0.39, 0.29) is 11.5 Å². The summed E-state index contributed by atoms with van der Waals surface area (Å²) in [5.74, 6) is -1.17. The van der Waals surface area contributed by atoms with Gasteiger partial charge in [0, 0.05) is 11.6 Å². The van der Waals surface area contributed by atoms with Gasteiger partial charge in [-0.3, -0.25) is 0 Å². The second-order valence-corrected chi connectivity index (χ2v) is 4.66. The van der Waals surface area contributed by atoms with Gasteiger partial charge in [-0.25, -0.2) is 8.78 Å². The van der Waals surface area contributed by atoms with Crippen LogP contribution in [0.15, 0.2) is 12.1 Å². The molecule has 0 aromatic heterocycles. The van der Waals surface area contributed by atoms with Crippen LogP contribution in [0.4, 0.5) is 8.78 Å². The van der Waals surface area contributed by atoms with Crippen LogP contribution in [-0.2, 0) is 0 Å². The van der Waals surface area contributed by atoms with Crippen molar-refractivity contribution in [3.05, 3.63) is 34.9 Å². The molecule has 2 N–H and O–H groups in total. The molecule has 0 bridgehead atoms. The minimum Gasteiger partial charge on any atom is -0.388 e. The third-order valence-corrected chi connectivity index (χ3v) is 3.43. The first-order valence-corrected chi connectivity index (χ1v) is 5.94. The molecule has 1 aromatic carbocycles. The van der Waals surface area contributed by atoms with E-state index in [2.05, 4.69) is 5.32 Å². The number of aryl methyl sites for hydroxylation is 1. The lowest BCUT2D eigenvalue weighted by molar-refractivity contribution is 0.0854. The average Bonchev–Trinajstić information content (AvgIpc) is 2.34. The lowest BCUT2D eigenvalue weighted by Crippen LogP contribution is -2.31. The number of rotatable bonds is 2. The molecule has 17 heavy (non-hydrogen) atoms. The van der Waals surface area contributed by atoms with Crippen molar-refractivity contribution in [2.45, 2.75) is 25.9 Å². The second-order valence-electron chi connectivity index (χ2n) is 4.66. The topological polar surface area (TPSA) is 32.3 Å². The molecule has 94 valence electrons. The zero-order valence-corrected chi connectivity index (χ0v) is 9.84. The predicted octanol–water partition coefficient (Wildman–Crippen LogP) is 2.31. The van der Waals surface area contributed by atoms with Crippen molar-refractivity contribution in [1.29, 1.82) is 0 Å². The Kier molecular flexibility index (Phi) is 3.74. The van der Waals surface area contributed by atoms with Gasteiger partial charge in [0.05, 0.1) is 6.10 Å². The van der Waals surface area contributed by atoms with E-state index >= 15 is 0 Å². The highest BCUT2D eigenvalue weighted by Gasteiger charge is 2.25. The normalized spacial score (nSPS) is 19.3. The smallest absolute Gasteiger partial charge is 0.131 e. The molecule has 4 heteroatoms. The van der Waals surface area contributed by atoms with Crippen LogP contribution in [0.25, 0.3) is 0 Å². The Bertz CT molecular complexity index is 403. The molecule has 1 aromatic rings. The maximum atomic E-state index is 13.6. The lowest BCUT2D eigenvalue weighted by atomic mass is 9.87. The van der Waals surface area contributed by atoms with Gasteiger partial charge in [0.1, 0.15) is 11.6 Å². The molecule has 0 spiro atoms. The fourth-order valence-corrected chi connectivity index (χ4v) is 2.32. The highest BCUT2D eigenvalue weighted by Crippen LogP contribution is 2.31. The van der Waals surface area contributed by atoms with E-state index < -0.39 is 17.7 Å². The van der Waals surface area contributed by atoms with Gasteiger partial charge >= 0.3 is 0 Å². The predicted molar refractivity (Wildman–Crippen MR) is 61.6 cm³/mol. The molecule has 1 aliphatic rings. The number of hydrogen-bond acceptors (Lipinski definition) is 2. The fourth-order valence-electron chi connectivity index (χ4n) is 2.32. The Balaban J connectivity index is 2.23. The largest absolute Gasteiger partial charge is 0.388 e. The molecule has 0 radical (unpaired) electrons. The molecule has 1 saturated heterocycles. The zero-order valence-electron chi connectivity index (χ0n) is 9.84. The van der Waals surface area contributed by atoms with Crippen molar-refractivity contribution in [3.8, 4) is 0 Å². The quantitative estimate of drug-likeness (QED) is 0.832. The molecule has 1 fully saturated rings. The number of aliphatic hydroxyl groups is 1. The SMILES string of the molecule is Cc1cc(C(O)C2CCNCC2)c(F)cc1F. The van der Waals surface area contributed by atoms with Gasteiger partial charge in [-0.2, -0.15) is 0 Å². The summed E-state index contributed by atoms with van der Waals surface area (Å²) >= 11 is 0. The third kappa shape index (κ3) is 2.64. The molecule has 0 aliphatic carbocycles. The summed E-state index contributed by atoms with van der Waals surface area (Å²) in [5, 5.41) is 13.3. The van der Waals surface area contributed by atoms with Crippen molar-refractivity contribution >= 4 is 0 Å². The van der Waals surface area contributed by atoms with Crippen molar-refractivity contribution in [2.24, 2.45) is 5.92 Å². The Morgan fingerprint density at radius 2 is 1.88 bits per heavy atom. The van der Waals surface area contributed by atoms with E-state index in [1.807, 2.05) is 0 Å². The zero-order chi connectivity index (χ0) is 12.4. The summed E-state index contributed by atoms with van der Waals surface area (Å²) in [6.45, 7) is 3.25. The summed E-state index contributed by atoms with van der Waals surface area (Å²) in [5.41, 5.74) is 0.588. The van der Waals surface area contributed by atoms with Crippen LogP contribution in [-0.4, -0.2) is 18.2 Å². The minimum absolute atomic E-state index is 0.0515. The highest BCUT2D eigenvalue weighted by atomic mass is 19.1. The first-order chi connectivity index (χ1) is 8.09. The fraction of sp³-hybridized carbons (Fsp3) is 0.538. The average molecular weight is 241 g/mol. The molecule has 1 unspecified atom stereocenters. The van der Waals surface area contributed by atoms with Gasteiger partial charge in [0.15, 0.2) is 0 Å². The minimum atomic E-state index is -0.837. The molecule has 0 saturated carbocycles. The molecule has 2 rings (SSSR count). The Morgan fingerprint density at radius 1 is 1.24 bits per heavy atom. The van der Waals surface area contributed by atoms with Gasteiger partial charge in [0.25, 0.3) is 0 Å². The van der Waals surface area contributed by atoms with Gasteiger partial charge in [-0.05, 0) is 50.4 Å². The number of halogens is 2. The van der Waals surface area contributed by atoms with E-state index in [9.17, 15) is 13.9 Å². The van der Waals surface area contributed by atoms with Crippen LogP contribution in [0.5, 0.6) is 0 Å². The molecular formula is C13H17F2NO. The second kappa shape index (κ2) is 5.10. The molecule has 1 atom stereocenters. The van der Waals surface area contributed by atoms with E-state index in [0.717, 1.165) is 32.0 Å². The van der Waals surface area contributed by atoms with Crippen LogP contribution in [0.3, 0.4) is 0 Å². The summed E-state index contributed by atoms with van der Waals surface area (Å²) < 4.78 is 26.8. The van der Waals surface area contributed by atoms with Crippen molar-refractivity contribution < 1.29 is 13.9 Å². The van der Waals surface area contributed by atoms with Crippen molar-refractivity contribution in [3.63, 3.8) is 0 Å². The maximum Gasteiger partial charge on any atom is 0.131 e. The lowest BCUT2D eigenvalue weighted by Gasteiger charge is -2.27. The number of aliphatic hydroxyl groups excluding tert-OH is 1. The van der Waals surface area contributed by atoms with Gasteiger partial charge in [-0.15, -0.1) is 0 Å². The van der Waals surface area contributed by atoms with Crippen LogP contribution >= 0.6 is 0 Å². The highest BCUT2D eigenvalue weighted by molar-refractivity contribution is 5.27. The number of hydrogen-bond donors (Lipinski definition) is 2. The Labute approximate surface area is 99.7 Å². The van der Waals surface area contributed by atoms with Crippen molar-refractivity contribution in [2.75, 3.05) is 13.1 Å². The van der Waals surface area contributed by atoms with Gasteiger partial charge in [-0.1, -0.05) is 0 Å². The molecule has 0 amide bonds. The molecule has 2 nitrogen and oxygen atoms in total. The van der Waals surface area contributed by atoms with Crippen LogP contribution in [0.2, 0.25) is 0 Å². The molecular weight excluding hydrogens is 224 g/mol. The summed E-state index contributed by atoms with van der Waals surface area (Å²) in [4.78, 5) is 0. The first-order valence-electron chi connectivity index (χ1n) is 5.94. The van der Waals surface area contributed by atoms with Crippen molar-refractivity contribution in [1.82, 2.24) is 5.32 Å². The summed E-state index contributed by atoms with van der Waals surface area (Å²) in [7, 11) is 0. The van der Waals surface area contributed by atoms with Crippen LogP contribution in [0.1, 0.15) is 30.1 Å². The van der Waals surface area contributed by atoms with E-state index in [1.54, 1.807) is 6.92 Å². The van der Waals surface area contributed by atoms with E-state index in [4.69, 9.17) is 0 Å². The van der Waals surface area contributed by atoms with E-state index in [1.165, 1.54) is 6.07 Å². The maximum absolute atomic E-state index is 13.6. The number of benzene rings is 1. The third-order valence-electron chi connectivity index (χ3n) is 3.43. The first kappa shape index (κ1) is 12.5. The van der Waals surface area contributed by atoms with E-state index in [0.29, 0.717) is 5.56 Å². The number of nitrogens with one attached hydrogen (secondary N) is 1. The molecule has 1 aliphatic heterocycles. The monoisotopic (exact) mass is 241 g/mol. The Morgan fingerprint density at radius 3 is 2.53 bits per heavy atom. The number of piperidine rings is 1.